The molecule has 84 heavy (non-hydrogen) atoms. The smallest absolute Gasteiger partial charge is 0.119 e. The number of benzene rings is 14. The Morgan fingerprint density at radius 2 is 0.488 bits per heavy atom. The van der Waals surface area contributed by atoms with Gasteiger partial charge in [-0.05, 0) is 201 Å². The molecule has 0 fully saturated rings. The second kappa shape index (κ2) is 22.5. The first-order valence-corrected chi connectivity index (χ1v) is 28.4. The minimum Gasteiger partial charge on any atom is -0.497 e. The van der Waals surface area contributed by atoms with Crippen LogP contribution in [0, 0.1) is 0 Å². The third-order valence-electron chi connectivity index (χ3n) is 15.9. The van der Waals surface area contributed by atoms with Crippen LogP contribution in [0.15, 0.2) is 315 Å². The molecule has 14 aromatic carbocycles. The van der Waals surface area contributed by atoms with Crippen LogP contribution in [0.3, 0.4) is 0 Å². The maximum atomic E-state index is 5.61. The minimum absolute atomic E-state index is 0.834. The molecule has 0 aromatic heterocycles. The molecule has 402 valence electrons. The van der Waals surface area contributed by atoms with Crippen molar-refractivity contribution in [2.24, 2.45) is 0 Å². The van der Waals surface area contributed by atoms with Gasteiger partial charge in [0.05, 0.1) is 25.6 Å². The summed E-state index contributed by atoms with van der Waals surface area (Å²) in [5.41, 5.74) is 15.0. The van der Waals surface area contributed by atoms with Gasteiger partial charge in [0.25, 0.3) is 0 Å². The highest BCUT2D eigenvalue weighted by molar-refractivity contribution is 6.01. The van der Waals surface area contributed by atoms with Crippen molar-refractivity contribution in [2.45, 2.75) is 0 Å². The van der Waals surface area contributed by atoms with Crippen molar-refractivity contribution in [2.75, 3.05) is 33.8 Å². The zero-order valence-electron chi connectivity index (χ0n) is 46.6. The van der Waals surface area contributed by atoms with Crippen LogP contribution in [0.4, 0.5) is 68.2 Å². The van der Waals surface area contributed by atoms with Crippen molar-refractivity contribution < 1.29 is 9.47 Å². The fourth-order valence-corrected chi connectivity index (χ4v) is 11.8. The van der Waals surface area contributed by atoms with E-state index in [2.05, 4.69) is 323 Å². The number of fused-ring (bicyclic) bond motifs is 4. The Morgan fingerprint density at radius 1 is 0.202 bits per heavy atom. The predicted molar refractivity (Wildman–Crippen MR) is 354 cm³/mol. The molecule has 0 bridgehead atoms. The van der Waals surface area contributed by atoms with E-state index in [-0.39, 0.29) is 0 Å². The lowest BCUT2D eigenvalue weighted by atomic mass is 10.0. The van der Waals surface area contributed by atoms with Gasteiger partial charge in [0.2, 0.25) is 0 Å². The third kappa shape index (κ3) is 9.92. The zero-order valence-corrected chi connectivity index (χ0v) is 46.6. The monoisotopic (exact) mass is 1080 g/mol. The van der Waals surface area contributed by atoms with Gasteiger partial charge in [0, 0.05) is 67.6 Å². The molecule has 0 aliphatic rings. The Hall–Kier alpha value is -11.1. The molecule has 0 amide bonds. The number of hydrogen-bond acceptors (Lipinski definition) is 6. The molecule has 0 N–H and O–H groups in total. The summed E-state index contributed by atoms with van der Waals surface area (Å²) in [6.07, 6.45) is 0. The molecule has 6 nitrogen and oxygen atoms in total. The van der Waals surface area contributed by atoms with Crippen LogP contribution >= 0.6 is 0 Å². The Bertz CT molecular complexity index is 4320. The number of ether oxygens (including phenoxy) is 2. The number of methoxy groups -OCH3 is 2. The maximum Gasteiger partial charge on any atom is 0.119 e. The lowest BCUT2D eigenvalue weighted by Crippen LogP contribution is -2.12. The molecule has 0 unspecified atom stereocenters. The first-order valence-electron chi connectivity index (χ1n) is 28.4. The molecule has 0 aliphatic carbocycles. The highest BCUT2D eigenvalue weighted by atomic mass is 16.5. The van der Waals surface area contributed by atoms with Gasteiger partial charge < -0.3 is 29.1 Å². The molecular formula is C78H58N4O2. The summed E-state index contributed by atoms with van der Waals surface area (Å²) in [4.78, 5) is 9.38. The van der Waals surface area contributed by atoms with Gasteiger partial charge >= 0.3 is 0 Å². The molecule has 14 rings (SSSR count). The van der Waals surface area contributed by atoms with Gasteiger partial charge in [-0.1, -0.05) is 158 Å². The summed E-state index contributed by atoms with van der Waals surface area (Å²) >= 11 is 0. The third-order valence-corrected chi connectivity index (χ3v) is 15.9. The SMILES string of the molecule is COc1ccc2cc(N(c3ccc(-c4ccc(N(c5ccc(N(c6ccccc6)c6cccc7ccccc67)cc5)c5ccc6cc(OC)ccc6c5)cc4)cc3)c3ccc(N(c4ccccc4)c4cccc5ccccc45)cc3)ccc2c1. The number of nitrogens with zero attached hydrogens (tertiary/aromatic N) is 4. The number of anilines is 12. The summed E-state index contributed by atoms with van der Waals surface area (Å²) in [5, 5.41) is 9.26. The molecule has 0 spiro atoms. The van der Waals surface area contributed by atoms with E-state index in [0.29, 0.717) is 0 Å². The normalized spacial score (nSPS) is 11.2. The van der Waals surface area contributed by atoms with Crippen molar-refractivity contribution in [1.29, 1.82) is 0 Å². The van der Waals surface area contributed by atoms with Crippen LogP contribution in [0.5, 0.6) is 11.5 Å². The lowest BCUT2D eigenvalue weighted by molar-refractivity contribution is 0.415. The predicted octanol–water partition coefficient (Wildman–Crippen LogP) is 21.9. The van der Waals surface area contributed by atoms with E-state index in [4.69, 9.17) is 9.47 Å². The molecule has 14 aromatic rings. The molecule has 0 saturated carbocycles. The van der Waals surface area contributed by atoms with Gasteiger partial charge in [-0.3, -0.25) is 0 Å². The highest BCUT2D eigenvalue weighted by Crippen LogP contribution is 2.45. The van der Waals surface area contributed by atoms with E-state index in [1.165, 1.54) is 21.5 Å². The molecule has 6 heteroatoms. The Morgan fingerprint density at radius 3 is 0.869 bits per heavy atom. The second-order valence-electron chi connectivity index (χ2n) is 20.9. The van der Waals surface area contributed by atoms with E-state index >= 15 is 0 Å². The number of hydrogen-bond donors (Lipinski definition) is 0. The van der Waals surface area contributed by atoms with Crippen LogP contribution < -0.4 is 29.1 Å². The van der Waals surface area contributed by atoms with E-state index in [1.54, 1.807) is 14.2 Å². The zero-order chi connectivity index (χ0) is 56.3. The molecule has 0 radical (unpaired) electrons. The average molecular weight is 1080 g/mol. The summed E-state index contributed by atoms with van der Waals surface area (Å²) in [7, 11) is 3.43. The van der Waals surface area contributed by atoms with E-state index < -0.39 is 0 Å². The van der Waals surface area contributed by atoms with Crippen molar-refractivity contribution >= 4 is 111 Å². The van der Waals surface area contributed by atoms with Crippen molar-refractivity contribution in [3.05, 3.63) is 315 Å². The number of rotatable bonds is 15. The first-order chi connectivity index (χ1) is 41.5. The van der Waals surface area contributed by atoms with Gasteiger partial charge in [0.15, 0.2) is 0 Å². The first kappa shape index (κ1) is 51.1. The van der Waals surface area contributed by atoms with Gasteiger partial charge in [0.1, 0.15) is 11.5 Å². The topological polar surface area (TPSA) is 31.4 Å². The summed E-state index contributed by atoms with van der Waals surface area (Å²) in [6, 6.07) is 113. The molecule has 0 heterocycles. The summed E-state index contributed by atoms with van der Waals surface area (Å²) in [6.45, 7) is 0. The van der Waals surface area contributed by atoms with E-state index in [9.17, 15) is 0 Å². The van der Waals surface area contributed by atoms with Gasteiger partial charge in [-0.2, -0.15) is 0 Å². The number of para-hydroxylation sites is 2. The summed E-state index contributed by atoms with van der Waals surface area (Å²) < 4.78 is 11.2. The Balaban J connectivity index is 0.815. The second-order valence-corrected chi connectivity index (χ2v) is 20.9. The molecule has 0 atom stereocenters. The Labute approximate surface area is 490 Å². The fourth-order valence-electron chi connectivity index (χ4n) is 11.8. The fraction of sp³-hybridized carbons (Fsp3) is 0.0256. The standard InChI is InChI=1S/C78H58N4O2/c1-83-73-49-33-59-51-71(39-31-61(59)53-73)79(67-41-45-69(46-42-67)81(63-19-5-3-6-20-63)77-25-13-17-57-15-9-11-23-75(57)77)65-35-27-55(28-36-65)56-29-37-66(38-30-56)80(72-40-32-62-54-74(84-2)50-34-60(62)52-72)68-43-47-70(48-44-68)82(64-21-7-4-8-22-64)78-26-14-18-58-16-10-12-24-76(58)78/h3-54H,1-2H3. The van der Waals surface area contributed by atoms with Crippen LogP contribution in [0.25, 0.3) is 54.2 Å². The van der Waals surface area contributed by atoms with Gasteiger partial charge in [-0.25, -0.2) is 0 Å². The summed E-state index contributed by atoms with van der Waals surface area (Å²) in [5.74, 6) is 1.67. The van der Waals surface area contributed by atoms with Crippen molar-refractivity contribution in [3.63, 3.8) is 0 Å². The van der Waals surface area contributed by atoms with Crippen molar-refractivity contribution in [1.82, 2.24) is 0 Å². The highest BCUT2D eigenvalue weighted by Gasteiger charge is 2.21. The van der Waals surface area contributed by atoms with Crippen LogP contribution in [-0.2, 0) is 0 Å². The van der Waals surface area contributed by atoms with Gasteiger partial charge in [-0.15, -0.1) is 0 Å². The van der Waals surface area contributed by atoms with Crippen LogP contribution in [0.2, 0.25) is 0 Å². The molecular weight excluding hydrogens is 1020 g/mol. The van der Waals surface area contributed by atoms with Crippen LogP contribution in [-0.4, -0.2) is 14.2 Å². The minimum atomic E-state index is 0.834. The Kier molecular flexibility index (Phi) is 13.7. The van der Waals surface area contributed by atoms with Crippen molar-refractivity contribution in [3.8, 4) is 22.6 Å². The molecule has 0 aliphatic heterocycles. The maximum absolute atomic E-state index is 5.61. The average Bonchev–Trinajstić information content (AvgIpc) is 2.70. The van der Waals surface area contributed by atoms with E-state index in [1.807, 2.05) is 12.1 Å². The lowest BCUT2D eigenvalue weighted by Gasteiger charge is -2.29. The largest absolute Gasteiger partial charge is 0.497 e. The molecule has 0 saturated heterocycles. The van der Waals surface area contributed by atoms with Crippen LogP contribution in [0.1, 0.15) is 0 Å². The quantitative estimate of drug-likeness (QED) is 0.102. The van der Waals surface area contributed by atoms with E-state index in [0.717, 1.165) is 112 Å².